The molecule has 0 unspecified atom stereocenters. The normalized spacial score (nSPS) is 15.8. The third kappa shape index (κ3) is 5.35. The van der Waals surface area contributed by atoms with E-state index in [1.165, 1.54) is 0 Å². The summed E-state index contributed by atoms with van der Waals surface area (Å²) in [4.78, 5) is 27.5. The topological polar surface area (TPSA) is 67.9 Å². The molecule has 3 rings (SSSR count). The number of hydrogen-bond donors (Lipinski definition) is 1. The molecule has 0 radical (unpaired) electrons. The second-order valence-corrected chi connectivity index (χ2v) is 7.35. The van der Waals surface area contributed by atoms with Crippen LogP contribution in [-0.4, -0.2) is 49.6 Å². The molecule has 29 heavy (non-hydrogen) atoms. The van der Waals surface area contributed by atoms with Crippen LogP contribution in [-0.2, 0) is 9.53 Å². The minimum Gasteiger partial charge on any atom is -0.497 e. The smallest absolute Gasteiger partial charge is 0.254 e. The van der Waals surface area contributed by atoms with Gasteiger partial charge >= 0.3 is 0 Å². The number of ether oxygens (including phenoxy) is 2. The fourth-order valence-corrected chi connectivity index (χ4v) is 3.44. The number of anilines is 1. The maximum absolute atomic E-state index is 13.1. The molecule has 2 amide bonds. The number of rotatable bonds is 7. The summed E-state index contributed by atoms with van der Waals surface area (Å²) in [6, 6.07) is 12.8. The van der Waals surface area contributed by atoms with Gasteiger partial charge in [0, 0.05) is 24.4 Å². The molecule has 1 aliphatic rings. The molecule has 1 N–H and O–H groups in total. The van der Waals surface area contributed by atoms with Crippen molar-refractivity contribution in [2.24, 2.45) is 0 Å². The predicted molar refractivity (Wildman–Crippen MR) is 112 cm³/mol. The monoisotopic (exact) mass is 396 g/mol. The van der Waals surface area contributed by atoms with E-state index in [0.29, 0.717) is 24.5 Å². The van der Waals surface area contributed by atoms with E-state index in [-0.39, 0.29) is 24.5 Å². The standard InChI is InChI=1S/C23H28N2O4/c1-16-7-4-11-21(17(16)2)24-22(26)15-25(14-20-10-6-12-29-20)23(27)18-8-5-9-19(13-18)28-3/h4-5,7-9,11,13,20H,6,10,12,14-15H2,1-3H3,(H,24,26)/t20-/m0/s1. The molecule has 0 bridgehead atoms. The van der Waals surface area contributed by atoms with Gasteiger partial charge in [0.15, 0.2) is 0 Å². The van der Waals surface area contributed by atoms with Crippen LogP contribution in [0, 0.1) is 13.8 Å². The van der Waals surface area contributed by atoms with Crippen LogP contribution < -0.4 is 10.1 Å². The fraction of sp³-hybridized carbons (Fsp3) is 0.391. The first-order valence-corrected chi connectivity index (χ1v) is 9.89. The van der Waals surface area contributed by atoms with E-state index >= 15 is 0 Å². The van der Waals surface area contributed by atoms with Crippen molar-refractivity contribution in [3.05, 3.63) is 59.2 Å². The molecule has 0 spiro atoms. The Balaban J connectivity index is 1.76. The predicted octanol–water partition coefficient (Wildman–Crippen LogP) is 3.57. The number of methoxy groups -OCH3 is 1. The molecule has 1 saturated heterocycles. The van der Waals surface area contributed by atoms with Gasteiger partial charge in [0.05, 0.1) is 13.2 Å². The van der Waals surface area contributed by atoms with Gasteiger partial charge in [-0.3, -0.25) is 9.59 Å². The summed E-state index contributed by atoms with van der Waals surface area (Å²) >= 11 is 0. The molecule has 0 saturated carbocycles. The third-order valence-corrected chi connectivity index (χ3v) is 5.27. The number of nitrogens with zero attached hydrogens (tertiary/aromatic N) is 1. The average Bonchev–Trinajstić information content (AvgIpc) is 3.23. The molecule has 1 aliphatic heterocycles. The minimum absolute atomic E-state index is 0.0384. The van der Waals surface area contributed by atoms with Crippen LogP contribution in [0.1, 0.15) is 34.3 Å². The Labute approximate surface area is 171 Å². The lowest BCUT2D eigenvalue weighted by Crippen LogP contribution is -2.42. The highest BCUT2D eigenvalue weighted by atomic mass is 16.5. The maximum atomic E-state index is 13.1. The van der Waals surface area contributed by atoms with Gasteiger partial charge in [0.2, 0.25) is 5.91 Å². The Hall–Kier alpha value is -2.86. The molecular formula is C23H28N2O4. The minimum atomic E-state index is -0.229. The Kier molecular flexibility index (Phi) is 6.88. The molecule has 2 aromatic rings. The lowest BCUT2D eigenvalue weighted by atomic mass is 10.1. The fourth-order valence-electron chi connectivity index (χ4n) is 3.44. The summed E-state index contributed by atoms with van der Waals surface area (Å²) in [5.74, 6) is 0.163. The van der Waals surface area contributed by atoms with Gasteiger partial charge in [0.1, 0.15) is 12.3 Å². The van der Waals surface area contributed by atoms with Crippen molar-refractivity contribution in [1.29, 1.82) is 0 Å². The van der Waals surface area contributed by atoms with Crippen LogP contribution in [0.4, 0.5) is 5.69 Å². The molecule has 154 valence electrons. The molecule has 6 heteroatoms. The number of amides is 2. The van der Waals surface area contributed by atoms with Crippen LogP contribution in [0.25, 0.3) is 0 Å². The van der Waals surface area contributed by atoms with Crippen molar-refractivity contribution in [2.45, 2.75) is 32.8 Å². The van der Waals surface area contributed by atoms with Crippen molar-refractivity contribution in [2.75, 3.05) is 32.1 Å². The Morgan fingerprint density at radius 3 is 2.72 bits per heavy atom. The van der Waals surface area contributed by atoms with Gasteiger partial charge in [-0.25, -0.2) is 0 Å². The second-order valence-electron chi connectivity index (χ2n) is 7.35. The number of benzene rings is 2. The molecule has 0 aromatic heterocycles. The molecule has 6 nitrogen and oxygen atoms in total. The van der Waals surface area contributed by atoms with Crippen LogP contribution in [0.2, 0.25) is 0 Å². The zero-order valence-corrected chi connectivity index (χ0v) is 17.2. The summed E-state index contributed by atoms with van der Waals surface area (Å²) in [6.07, 6.45) is 1.82. The van der Waals surface area contributed by atoms with Crippen molar-refractivity contribution in [3.8, 4) is 5.75 Å². The summed E-state index contributed by atoms with van der Waals surface area (Å²) in [5.41, 5.74) is 3.37. The summed E-state index contributed by atoms with van der Waals surface area (Å²) in [7, 11) is 1.56. The first kappa shape index (κ1) is 20.9. The number of aryl methyl sites for hydroxylation is 1. The molecule has 1 atom stereocenters. The first-order chi connectivity index (χ1) is 14.0. The van der Waals surface area contributed by atoms with Gasteiger partial charge in [0.25, 0.3) is 5.91 Å². The maximum Gasteiger partial charge on any atom is 0.254 e. The number of hydrogen-bond acceptors (Lipinski definition) is 4. The van der Waals surface area contributed by atoms with E-state index in [0.717, 1.165) is 29.7 Å². The van der Waals surface area contributed by atoms with Crippen molar-refractivity contribution in [3.63, 3.8) is 0 Å². The molecule has 1 fully saturated rings. The van der Waals surface area contributed by atoms with E-state index in [1.807, 2.05) is 32.0 Å². The SMILES string of the molecule is COc1cccc(C(=O)N(CC(=O)Nc2cccc(C)c2C)C[C@@H]2CCCO2)c1. The first-order valence-electron chi connectivity index (χ1n) is 9.89. The van der Waals surface area contributed by atoms with Crippen molar-refractivity contribution < 1.29 is 19.1 Å². The summed E-state index contributed by atoms with van der Waals surface area (Å²) < 4.78 is 10.9. The zero-order chi connectivity index (χ0) is 20.8. The Morgan fingerprint density at radius 2 is 2.00 bits per heavy atom. The van der Waals surface area contributed by atoms with Crippen molar-refractivity contribution in [1.82, 2.24) is 4.90 Å². The van der Waals surface area contributed by atoms with E-state index < -0.39 is 0 Å². The van der Waals surface area contributed by atoms with Gasteiger partial charge in [-0.1, -0.05) is 18.2 Å². The average molecular weight is 396 g/mol. The number of nitrogens with one attached hydrogen (secondary N) is 1. The largest absolute Gasteiger partial charge is 0.497 e. The molecule has 2 aromatic carbocycles. The van der Waals surface area contributed by atoms with Gasteiger partial charge in [-0.15, -0.1) is 0 Å². The zero-order valence-electron chi connectivity index (χ0n) is 17.2. The molecular weight excluding hydrogens is 368 g/mol. The van der Waals surface area contributed by atoms with Crippen LogP contribution in [0.15, 0.2) is 42.5 Å². The lowest BCUT2D eigenvalue weighted by Gasteiger charge is -2.25. The van der Waals surface area contributed by atoms with Gasteiger partial charge in [-0.05, 0) is 62.1 Å². The van der Waals surface area contributed by atoms with Gasteiger partial charge in [-0.2, -0.15) is 0 Å². The number of carbonyl (C=O) groups is 2. The lowest BCUT2D eigenvalue weighted by molar-refractivity contribution is -0.117. The van der Waals surface area contributed by atoms with Crippen LogP contribution in [0.3, 0.4) is 0 Å². The highest BCUT2D eigenvalue weighted by Gasteiger charge is 2.25. The quantitative estimate of drug-likeness (QED) is 0.777. The molecule has 1 heterocycles. The second kappa shape index (κ2) is 9.56. The van der Waals surface area contributed by atoms with Crippen molar-refractivity contribution >= 4 is 17.5 Å². The van der Waals surface area contributed by atoms with E-state index in [1.54, 1.807) is 36.3 Å². The Bertz CT molecular complexity index is 875. The third-order valence-electron chi connectivity index (χ3n) is 5.27. The van der Waals surface area contributed by atoms with E-state index in [9.17, 15) is 9.59 Å². The van der Waals surface area contributed by atoms with Gasteiger partial charge < -0.3 is 19.7 Å². The van der Waals surface area contributed by atoms with E-state index in [2.05, 4.69) is 5.32 Å². The summed E-state index contributed by atoms with van der Waals surface area (Å²) in [6.45, 7) is 5.01. The summed E-state index contributed by atoms with van der Waals surface area (Å²) in [5, 5.41) is 2.94. The highest BCUT2D eigenvalue weighted by Crippen LogP contribution is 2.20. The number of carbonyl (C=O) groups excluding carboxylic acids is 2. The van der Waals surface area contributed by atoms with E-state index in [4.69, 9.17) is 9.47 Å². The van der Waals surface area contributed by atoms with Crippen LogP contribution in [0.5, 0.6) is 5.75 Å². The highest BCUT2D eigenvalue weighted by molar-refractivity contribution is 5.99. The van der Waals surface area contributed by atoms with Crippen LogP contribution >= 0.6 is 0 Å². The molecule has 0 aliphatic carbocycles. The Morgan fingerprint density at radius 1 is 1.21 bits per heavy atom.